The fourth-order valence-corrected chi connectivity index (χ4v) is 1.88. The van der Waals surface area contributed by atoms with Crippen LogP contribution in [-0.4, -0.2) is 19.8 Å². The molecular weight excluding hydrogens is 186 g/mol. The van der Waals surface area contributed by atoms with E-state index in [2.05, 4.69) is 31.2 Å². The Balaban J connectivity index is 2.73. The molecule has 0 spiro atoms. The quantitative estimate of drug-likeness (QED) is 0.778. The van der Waals surface area contributed by atoms with E-state index in [-0.39, 0.29) is 6.04 Å². The highest BCUT2D eigenvalue weighted by atomic mass is 16.5. The summed E-state index contributed by atoms with van der Waals surface area (Å²) in [7, 11) is 1.73. The number of rotatable bonds is 6. The van der Waals surface area contributed by atoms with Crippen LogP contribution in [0.1, 0.15) is 31.2 Å². The van der Waals surface area contributed by atoms with Gasteiger partial charge in [0.25, 0.3) is 0 Å². The average molecular weight is 207 g/mol. The third-order valence-electron chi connectivity index (χ3n) is 2.71. The van der Waals surface area contributed by atoms with Crippen LogP contribution in [0.3, 0.4) is 0 Å². The Morgan fingerprint density at radius 2 is 1.93 bits per heavy atom. The summed E-state index contributed by atoms with van der Waals surface area (Å²) in [6.07, 6.45) is 2.16. The topological polar surface area (TPSA) is 35.2 Å². The first-order chi connectivity index (χ1) is 7.29. The lowest BCUT2D eigenvalue weighted by molar-refractivity contribution is 0.167. The Hall–Kier alpha value is -0.860. The highest BCUT2D eigenvalue weighted by molar-refractivity contribution is 5.21. The first kappa shape index (κ1) is 12.2. The molecule has 2 N–H and O–H groups in total. The number of methoxy groups -OCH3 is 1. The van der Waals surface area contributed by atoms with Gasteiger partial charge in [0.15, 0.2) is 0 Å². The molecule has 2 nitrogen and oxygen atoms in total. The van der Waals surface area contributed by atoms with E-state index in [4.69, 9.17) is 10.5 Å². The zero-order valence-electron chi connectivity index (χ0n) is 9.65. The first-order valence-corrected chi connectivity index (χ1v) is 5.59. The number of nitrogens with two attached hydrogens (primary N) is 1. The fourth-order valence-electron chi connectivity index (χ4n) is 1.88. The van der Waals surface area contributed by atoms with Crippen LogP contribution in [0, 0.1) is 0 Å². The third kappa shape index (κ3) is 3.65. The molecule has 1 rings (SSSR count). The fraction of sp³-hybridized carbons (Fsp3) is 0.538. The zero-order chi connectivity index (χ0) is 11.1. The lowest BCUT2D eigenvalue weighted by atomic mass is 9.90. The van der Waals surface area contributed by atoms with Crippen molar-refractivity contribution in [1.29, 1.82) is 0 Å². The molecule has 0 saturated carbocycles. The van der Waals surface area contributed by atoms with Gasteiger partial charge < -0.3 is 10.5 Å². The van der Waals surface area contributed by atoms with Gasteiger partial charge in [-0.2, -0.15) is 0 Å². The van der Waals surface area contributed by atoms with Crippen LogP contribution in [-0.2, 0) is 4.74 Å². The Labute approximate surface area is 92.4 Å². The molecule has 84 valence electrons. The van der Waals surface area contributed by atoms with Gasteiger partial charge in [0, 0.05) is 19.1 Å². The predicted molar refractivity (Wildman–Crippen MR) is 63.9 cm³/mol. The predicted octanol–water partition coefficient (Wildman–Crippen LogP) is 2.54. The summed E-state index contributed by atoms with van der Waals surface area (Å²) in [5.74, 6) is 0.316. The summed E-state index contributed by atoms with van der Waals surface area (Å²) in [5.41, 5.74) is 7.44. The van der Waals surface area contributed by atoms with E-state index in [0.717, 1.165) is 12.8 Å². The van der Waals surface area contributed by atoms with Gasteiger partial charge in [-0.15, -0.1) is 0 Å². The molecule has 2 atom stereocenters. The van der Waals surface area contributed by atoms with Crippen molar-refractivity contribution >= 4 is 0 Å². The minimum absolute atomic E-state index is 0.192. The van der Waals surface area contributed by atoms with E-state index in [1.165, 1.54) is 5.56 Å². The Morgan fingerprint density at radius 3 is 2.47 bits per heavy atom. The maximum atomic E-state index is 6.17. The normalized spacial score (nSPS) is 14.9. The van der Waals surface area contributed by atoms with Gasteiger partial charge in [-0.25, -0.2) is 0 Å². The first-order valence-electron chi connectivity index (χ1n) is 5.59. The summed E-state index contributed by atoms with van der Waals surface area (Å²) in [6.45, 7) is 2.86. The molecule has 0 aliphatic heterocycles. The maximum Gasteiger partial charge on any atom is 0.0545 e. The molecule has 15 heavy (non-hydrogen) atoms. The van der Waals surface area contributed by atoms with Gasteiger partial charge in [0.2, 0.25) is 0 Å². The number of ether oxygens (including phenoxy) is 1. The standard InChI is InChI=1S/C13H21NO/c1-3-7-13(14)12(10-15-2)11-8-5-4-6-9-11/h4-6,8-9,12-13H,3,7,10,14H2,1-2H3. The highest BCUT2D eigenvalue weighted by Crippen LogP contribution is 2.21. The summed E-state index contributed by atoms with van der Waals surface area (Å²) in [6, 6.07) is 10.6. The molecule has 1 aromatic rings. The van der Waals surface area contributed by atoms with Crippen molar-refractivity contribution in [2.45, 2.75) is 31.7 Å². The smallest absolute Gasteiger partial charge is 0.0545 e. The van der Waals surface area contributed by atoms with E-state index in [1.807, 2.05) is 6.07 Å². The Kier molecular flexibility index (Phi) is 5.37. The molecule has 2 heteroatoms. The van der Waals surface area contributed by atoms with Crippen molar-refractivity contribution < 1.29 is 4.74 Å². The van der Waals surface area contributed by atoms with Crippen LogP contribution in [0.25, 0.3) is 0 Å². The second-order valence-corrected chi connectivity index (χ2v) is 3.93. The Morgan fingerprint density at radius 1 is 1.27 bits per heavy atom. The second kappa shape index (κ2) is 6.59. The highest BCUT2D eigenvalue weighted by Gasteiger charge is 2.18. The van der Waals surface area contributed by atoms with Crippen LogP contribution < -0.4 is 5.73 Å². The van der Waals surface area contributed by atoms with Crippen molar-refractivity contribution in [2.75, 3.05) is 13.7 Å². The maximum absolute atomic E-state index is 6.17. The monoisotopic (exact) mass is 207 g/mol. The third-order valence-corrected chi connectivity index (χ3v) is 2.71. The molecule has 1 aromatic carbocycles. The number of hydrogen-bond donors (Lipinski definition) is 1. The lowest BCUT2D eigenvalue weighted by Gasteiger charge is -2.23. The van der Waals surface area contributed by atoms with E-state index in [1.54, 1.807) is 7.11 Å². The van der Waals surface area contributed by atoms with Crippen LogP contribution in [0.2, 0.25) is 0 Å². The van der Waals surface area contributed by atoms with E-state index in [0.29, 0.717) is 12.5 Å². The van der Waals surface area contributed by atoms with Crippen molar-refractivity contribution in [3.05, 3.63) is 35.9 Å². The molecule has 0 aromatic heterocycles. The van der Waals surface area contributed by atoms with E-state index < -0.39 is 0 Å². The minimum atomic E-state index is 0.192. The van der Waals surface area contributed by atoms with Crippen LogP contribution >= 0.6 is 0 Å². The largest absolute Gasteiger partial charge is 0.384 e. The minimum Gasteiger partial charge on any atom is -0.384 e. The van der Waals surface area contributed by atoms with Crippen molar-refractivity contribution in [2.24, 2.45) is 5.73 Å². The summed E-state index contributed by atoms with van der Waals surface area (Å²) < 4.78 is 5.25. The molecule has 0 aliphatic rings. The van der Waals surface area contributed by atoms with E-state index in [9.17, 15) is 0 Å². The molecule has 0 radical (unpaired) electrons. The molecule has 0 aliphatic carbocycles. The van der Waals surface area contributed by atoms with Crippen molar-refractivity contribution in [3.8, 4) is 0 Å². The molecule has 0 fully saturated rings. The second-order valence-electron chi connectivity index (χ2n) is 3.93. The van der Waals surface area contributed by atoms with Gasteiger partial charge in [-0.1, -0.05) is 43.7 Å². The summed E-state index contributed by atoms with van der Waals surface area (Å²) >= 11 is 0. The molecule has 0 heterocycles. The zero-order valence-corrected chi connectivity index (χ0v) is 9.65. The van der Waals surface area contributed by atoms with Crippen molar-refractivity contribution in [3.63, 3.8) is 0 Å². The van der Waals surface area contributed by atoms with Gasteiger partial charge >= 0.3 is 0 Å². The molecule has 2 unspecified atom stereocenters. The number of benzene rings is 1. The SMILES string of the molecule is CCCC(N)C(COC)c1ccccc1. The lowest BCUT2D eigenvalue weighted by Crippen LogP contribution is -2.31. The van der Waals surface area contributed by atoms with Crippen LogP contribution in [0.4, 0.5) is 0 Å². The molecule has 0 amide bonds. The van der Waals surface area contributed by atoms with Gasteiger partial charge in [-0.05, 0) is 12.0 Å². The van der Waals surface area contributed by atoms with Crippen molar-refractivity contribution in [1.82, 2.24) is 0 Å². The van der Waals surface area contributed by atoms with E-state index >= 15 is 0 Å². The van der Waals surface area contributed by atoms with Gasteiger partial charge in [0.05, 0.1) is 6.61 Å². The Bertz CT molecular complexity index is 260. The molecule has 0 saturated heterocycles. The van der Waals surface area contributed by atoms with Gasteiger partial charge in [0.1, 0.15) is 0 Å². The number of hydrogen-bond acceptors (Lipinski definition) is 2. The van der Waals surface area contributed by atoms with Crippen LogP contribution in [0.5, 0.6) is 0 Å². The summed E-state index contributed by atoms with van der Waals surface area (Å²) in [5, 5.41) is 0. The van der Waals surface area contributed by atoms with Gasteiger partial charge in [-0.3, -0.25) is 0 Å². The summed E-state index contributed by atoms with van der Waals surface area (Å²) in [4.78, 5) is 0. The average Bonchev–Trinajstić information content (AvgIpc) is 2.27. The molecule has 0 bridgehead atoms. The molecular formula is C13H21NO. The van der Waals surface area contributed by atoms with Crippen LogP contribution in [0.15, 0.2) is 30.3 Å².